The number of aryl methyl sites for hydroxylation is 1. The molecule has 1 atom stereocenters. The molecule has 0 saturated carbocycles. The minimum Gasteiger partial charge on any atom is -0.345 e. The monoisotopic (exact) mass is 362 g/mol. The molecule has 1 amide bonds. The lowest BCUT2D eigenvalue weighted by atomic mass is 10.0. The Labute approximate surface area is 159 Å². The molecular formula is C22H26N4O. The van der Waals surface area contributed by atoms with Crippen LogP contribution in [0, 0.1) is 0 Å². The van der Waals surface area contributed by atoms with E-state index in [0.29, 0.717) is 5.56 Å². The van der Waals surface area contributed by atoms with E-state index in [0.717, 1.165) is 29.6 Å². The Morgan fingerprint density at radius 3 is 2.74 bits per heavy atom. The molecule has 2 heterocycles. The van der Waals surface area contributed by atoms with Gasteiger partial charge in [-0.2, -0.15) is 5.10 Å². The highest BCUT2D eigenvalue weighted by Crippen LogP contribution is 2.32. The third-order valence-corrected chi connectivity index (χ3v) is 5.35. The lowest BCUT2D eigenvalue weighted by Gasteiger charge is -2.16. The predicted molar refractivity (Wildman–Crippen MR) is 107 cm³/mol. The smallest absolute Gasteiger partial charge is 0.252 e. The van der Waals surface area contributed by atoms with Crippen molar-refractivity contribution in [1.29, 1.82) is 0 Å². The number of amides is 1. The van der Waals surface area contributed by atoms with Gasteiger partial charge in [0.15, 0.2) is 5.65 Å². The highest BCUT2D eigenvalue weighted by molar-refractivity contribution is 6.05. The summed E-state index contributed by atoms with van der Waals surface area (Å²) >= 11 is 0. The molecular weight excluding hydrogens is 336 g/mol. The maximum absolute atomic E-state index is 13.2. The van der Waals surface area contributed by atoms with Crippen LogP contribution >= 0.6 is 0 Å². The number of pyridine rings is 1. The first kappa shape index (κ1) is 17.7. The molecule has 0 spiro atoms. The van der Waals surface area contributed by atoms with Crippen LogP contribution in [0.2, 0.25) is 0 Å². The largest absolute Gasteiger partial charge is 0.345 e. The van der Waals surface area contributed by atoms with Gasteiger partial charge in [-0.15, -0.1) is 0 Å². The van der Waals surface area contributed by atoms with E-state index >= 15 is 0 Å². The number of nitrogens with zero attached hydrogens (tertiary/aromatic N) is 3. The molecule has 27 heavy (non-hydrogen) atoms. The standard InChI is InChI=1S/C22H26N4O/c1-13(2)20-11-17(18-12-23-26(14(3)4)21(18)24-20)22(27)25-19-10-9-15-7-5-6-8-16(15)19/h5-8,11-14,19H,9-10H2,1-4H3,(H,25,27)/t19-/m1/s1. The molecule has 140 valence electrons. The van der Waals surface area contributed by atoms with Gasteiger partial charge in [-0.05, 0) is 49.8 Å². The summed E-state index contributed by atoms with van der Waals surface area (Å²) in [6, 6.07) is 10.5. The molecule has 0 bridgehead atoms. The molecule has 1 aliphatic carbocycles. The maximum atomic E-state index is 13.2. The van der Waals surface area contributed by atoms with E-state index < -0.39 is 0 Å². The molecule has 3 aromatic rings. The number of carbonyl (C=O) groups excluding carboxylic acids is 1. The highest BCUT2D eigenvalue weighted by Gasteiger charge is 2.26. The zero-order chi connectivity index (χ0) is 19.1. The lowest BCUT2D eigenvalue weighted by molar-refractivity contribution is 0.0938. The van der Waals surface area contributed by atoms with Crippen LogP contribution in [0.4, 0.5) is 0 Å². The quantitative estimate of drug-likeness (QED) is 0.740. The molecule has 1 aliphatic rings. The van der Waals surface area contributed by atoms with Crippen molar-refractivity contribution in [3.63, 3.8) is 0 Å². The van der Waals surface area contributed by atoms with Crippen LogP contribution in [-0.4, -0.2) is 20.7 Å². The summed E-state index contributed by atoms with van der Waals surface area (Å²) in [6.45, 7) is 8.34. The molecule has 0 saturated heterocycles. The minimum atomic E-state index is -0.0469. The van der Waals surface area contributed by atoms with Crippen molar-refractivity contribution in [1.82, 2.24) is 20.1 Å². The van der Waals surface area contributed by atoms with E-state index in [1.807, 2.05) is 16.8 Å². The SMILES string of the molecule is CC(C)c1cc(C(=O)N[C@@H]2CCc3ccccc32)c2cnn(C(C)C)c2n1. The molecule has 0 aliphatic heterocycles. The van der Waals surface area contributed by atoms with Crippen molar-refractivity contribution < 1.29 is 4.79 Å². The van der Waals surface area contributed by atoms with E-state index in [4.69, 9.17) is 4.98 Å². The van der Waals surface area contributed by atoms with Crippen LogP contribution < -0.4 is 5.32 Å². The van der Waals surface area contributed by atoms with Crippen LogP contribution in [0.15, 0.2) is 36.5 Å². The van der Waals surface area contributed by atoms with E-state index in [-0.39, 0.29) is 23.9 Å². The Morgan fingerprint density at radius 1 is 1.22 bits per heavy atom. The normalized spacial score (nSPS) is 16.3. The Hall–Kier alpha value is -2.69. The number of benzene rings is 1. The summed E-state index contributed by atoms with van der Waals surface area (Å²) in [5, 5.41) is 8.54. The first-order valence-corrected chi connectivity index (χ1v) is 9.72. The number of aromatic nitrogens is 3. The summed E-state index contributed by atoms with van der Waals surface area (Å²) in [5.74, 6) is 0.193. The van der Waals surface area contributed by atoms with E-state index in [1.54, 1.807) is 6.20 Å². The van der Waals surface area contributed by atoms with Crippen LogP contribution in [-0.2, 0) is 6.42 Å². The van der Waals surface area contributed by atoms with Gasteiger partial charge in [0.25, 0.3) is 5.91 Å². The molecule has 4 rings (SSSR count). The number of rotatable bonds is 4. The summed E-state index contributed by atoms with van der Waals surface area (Å²) in [5.41, 5.74) is 4.94. The van der Waals surface area contributed by atoms with E-state index in [9.17, 15) is 4.79 Å². The number of hydrogen-bond donors (Lipinski definition) is 1. The van der Waals surface area contributed by atoms with Crippen LogP contribution in [0.3, 0.4) is 0 Å². The minimum absolute atomic E-state index is 0.0469. The van der Waals surface area contributed by atoms with Crippen LogP contribution in [0.5, 0.6) is 0 Å². The van der Waals surface area contributed by atoms with Gasteiger partial charge < -0.3 is 5.32 Å². The van der Waals surface area contributed by atoms with Gasteiger partial charge in [0.1, 0.15) is 0 Å². The fourth-order valence-electron chi connectivity index (χ4n) is 3.84. The van der Waals surface area contributed by atoms with Crippen molar-refractivity contribution in [3.8, 4) is 0 Å². The van der Waals surface area contributed by atoms with Gasteiger partial charge in [-0.1, -0.05) is 38.1 Å². The Balaban J connectivity index is 1.73. The molecule has 5 heteroatoms. The Morgan fingerprint density at radius 2 is 2.00 bits per heavy atom. The molecule has 0 radical (unpaired) electrons. The van der Waals surface area contributed by atoms with E-state index in [2.05, 4.69) is 56.3 Å². The second-order valence-corrected chi connectivity index (χ2v) is 7.93. The summed E-state index contributed by atoms with van der Waals surface area (Å²) in [7, 11) is 0. The van der Waals surface area contributed by atoms with Crippen molar-refractivity contribution >= 4 is 16.9 Å². The van der Waals surface area contributed by atoms with E-state index in [1.165, 1.54) is 11.1 Å². The van der Waals surface area contributed by atoms with Crippen molar-refractivity contribution in [3.05, 3.63) is 58.9 Å². The fraction of sp³-hybridized carbons (Fsp3) is 0.409. The first-order valence-electron chi connectivity index (χ1n) is 9.72. The number of hydrogen-bond acceptors (Lipinski definition) is 3. The zero-order valence-electron chi connectivity index (χ0n) is 16.4. The van der Waals surface area contributed by atoms with Crippen molar-refractivity contribution in [2.75, 3.05) is 0 Å². The van der Waals surface area contributed by atoms with Gasteiger partial charge in [0.05, 0.1) is 23.2 Å². The van der Waals surface area contributed by atoms with Crippen LogP contribution in [0.1, 0.15) is 79.3 Å². The average Bonchev–Trinajstić information content (AvgIpc) is 3.25. The number of nitrogens with one attached hydrogen (secondary N) is 1. The predicted octanol–water partition coefficient (Wildman–Crippen LogP) is 4.55. The second kappa shape index (κ2) is 6.80. The topological polar surface area (TPSA) is 59.8 Å². The van der Waals surface area contributed by atoms with Gasteiger partial charge in [0, 0.05) is 11.7 Å². The summed E-state index contributed by atoms with van der Waals surface area (Å²) in [4.78, 5) is 18.0. The second-order valence-electron chi connectivity index (χ2n) is 7.93. The molecule has 1 aromatic carbocycles. The lowest BCUT2D eigenvalue weighted by Crippen LogP contribution is -2.27. The van der Waals surface area contributed by atoms with Gasteiger partial charge in [-0.25, -0.2) is 9.67 Å². The Bertz CT molecular complexity index is 1000. The fourth-order valence-corrected chi connectivity index (χ4v) is 3.84. The third-order valence-electron chi connectivity index (χ3n) is 5.35. The van der Waals surface area contributed by atoms with Gasteiger partial charge in [0.2, 0.25) is 0 Å². The first-order chi connectivity index (χ1) is 13.0. The third kappa shape index (κ3) is 3.11. The molecule has 5 nitrogen and oxygen atoms in total. The summed E-state index contributed by atoms with van der Waals surface area (Å²) < 4.78 is 1.89. The summed E-state index contributed by atoms with van der Waals surface area (Å²) in [6.07, 6.45) is 3.72. The highest BCUT2D eigenvalue weighted by atomic mass is 16.1. The number of fused-ring (bicyclic) bond motifs is 2. The van der Waals surface area contributed by atoms with Gasteiger partial charge in [-0.3, -0.25) is 4.79 Å². The van der Waals surface area contributed by atoms with Crippen molar-refractivity contribution in [2.45, 2.75) is 58.5 Å². The van der Waals surface area contributed by atoms with Gasteiger partial charge >= 0.3 is 0 Å². The van der Waals surface area contributed by atoms with Crippen molar-refractivity contribution in [2.24, 2.45) is 0 Å². The van der Waals surface area contributed by atoms with Crippen LogP contribution in [0.25, 0.3) is 11.0 Å². The maximum Gasteiger partial charge on any atom is 0.252 e. The molecule has 0 fully saturated rings. The molecule has 0 unspecified atom stereocenters. The number of carbonyl (C=O) groups is 1. The molecule has 1 N–H and O–H groups in total. The molecule has 2 aromatic heterocycles. The Kier molecular flexibility index (Phi) is 4.46. The zero-order valence-corrected chi connectivity index (χ0v) is 16.4. The average molecular weight is 362 g/mol.